The van der Waals surface area contributed by atoms with Crippen LogP contribution in [-0.4, -0.2) is 33.3 Å². The Hall–Kier alpha value is -0.0831. The summed E-state index contributed by atoms with van der Waals surface area (Å²) in [5.74, 6) is 0. The van der Waals surface area contributed by atoms with Gasteiger partial charge in [0.15, 0.2) is 0 Å². The molecule has 0 saturated carbocycles. The van der Waals surface area contributed by atoms with Crippen molar-refractivity contribution in [1.82, 2.24) is 4.90 Å². The van der Waals surface area contributed by atoms with Gasteiger partial charge < -0.3 is 4.90 Å². The lowest BCUT2D eigenvalue weighted by molar-refractivity contribution is 0.344. The quantitative estimate of drug-likeness (QED) is 0.494. The highest BCUT2D eigenvalue weighted by molar-refractivity contribution is 6.58. The normalized spacial score (nSPS) is 21.8. The summed E-state index contributed by atoms with van der Waals surface area (Å²) in [5, 5.41) is 0. The second kappa shape index (κ2) is 5.61. The van der Waals surface area contributed by atoms with Gasteiger partial charge in [0, 0.05) is 15.3 Å². The van der Waals surface area contributed by atoms with Crippen molar-refractivity contribution < 1.29 is 0 Å². The SMILES string of the molecule is CC=CC(CN1CCCC1)[SiH](C)C. The Bertz CT molecular complexity index is 159. The maximum Gasteiger partial charge on any atom is 0.0396 e. The third kappa shape index (κ3) is 3.65. The van der Waals surface area contributed by atoms with Crippen LogP contribution in [0.15, 0.2) is 12.2 Å². The molecule has 1 heterocycles. The minimum absolute atomic E-state index is 0.488. The molecule has 76 valence electrons. The molecular weight excluding hydrogens is 174 g/mol. The molecule has 1 aliphatic heterocycles. The summed E-state index contributed by atoms with van der Waals surface area (Å²) in [7, 11) is -0.488. The van der Waals surface area contributed by atoms with E-state index >= 15 is 0 Å². The Morgan fingerprint density at radius 1 is 1.31 bits per heavy atom. The Balaban J connectivity index is 2.36. The van der Waals surface area contributed by atoms with Crippen molar-refractivity contribution in [2.24, 2.45) is 0 Å². The van der Waals surface area contributed by atoms with Gasteiger partial charge in [-0.25, -0.2) is 0 Å². The number of hydrogen-bond acceptors (Lipinski definition) is 1. The third-order valence-electron chi connectivity index (χ3n) is 2.96. The van der Waals surface area contributed by atoms with Gasteiger partial charge in [-0.1, -0.05) is 25.2 Å². The van der Waals surface area contributed by atoms with Gasteiger partial charge >= 0.3 is 0 Å². The van der Waals surface area contributed by atoms with Gasteiger partial charge in [-0.2, -0.15) is 0 Å². The fourth-order valence-corrected chi connectivity index (χ4v) is 3.39. The van der Waals surface area contributed by atoms with E-state index in [0.717, 1.165) is 5.54 Å². The average molecular weight is 197 g/mol. The predicted molar refractivity (Wildman–Crippen MR) is 63.1 cm³/mol. The first-order valence-electron chi connectivity index (χ1n) is 5.59. The van der Waals surface area contributed by atoms with Gasteiger partial charge in [-0.05, 0) is 38.4 Å². The number of allylic oxidation sites excluding steroid dienone is 1. The third-order valence-corrected chi connectivity index (χ3v) is 5.11. The molecule has 0 aromatic rings. The van der Waals surface area contributed by atoms with Crippen LogP contribution in [0.25, 0.3) is 0 Å². The molecule has 0 amide bonds. The second-order valence-corrected chi connectivity index (χ2v) is 7.79. The highest BCUT2D eigenvalue weighted by atomic mass is 28.3. The first-order chi connectivity index (χ1) is 6.24. The Morgan fingerprint density at radius 3 is 2.38 bits per heavy atom. The largest absolute Gasteiger partial charge is 0.303 e. The van der Waals surface area contributed by atoms with Gasteiger partial charge in [0.1, 0.15) is 0 Å². The molecule has 0 aliphatic carbocycles. The van der Waals surface area contributed by atoms with Crippen molar-refractivity contribution in [2.75, 3.05) is 19.6 Å². The Kier molecular flexibility index (Phi) is 4.74. The van der Waals surface area contributed by atoms with Gasteiger partial charge in [0.05, 0.1) is 0 Å². The standard InChI is InChI=1S/C11H23NSi/c1-4-7-11(13(2)3)10-12-8-5-6-9-12/h4,7,11,13H,5-6,8-10H2,1-3H3. The van der Waals surface area contributed by atoms with Crippen LogP contribution in [0.1, 0.15) is 19.8 Å². The fraction of sp³-hybridized carbons (Fsp3) is 0.818. The van der Waals surface area contributed by atoms with E-state index in [4.69, 9.17) is 0 Å². The first kappa shape index (κ1) is 11.0. The van der Waals surface area contributed by atoms with E-state index in [9.17, 15) is 0 Å². The molecule has 0 aromatic heterocycles. The molecule has 1 rings (SSSR count). The van der Waals surface area contributed by atoms with E-state index in [1.165, 1.54) is 32.5 Å². The van der Waals surface area contributed by atoms with Crippen molar-refractivity contribution in [3.8, 4) is 0 Å². The first-order valence-corrected chi connectivity index (χ1v) is 8.57. The zero-order chi connectivity index (χ0) is 9.68. The van der Waals surface area contributed by atoms with Crippen molar-refractivity contribution in [3.05, 3.63) is 12.2 Å². The molecule has 1 aliphatic rings. The highest BCUT2D eigenvalue weighted by Crippen LogP contribution is 2.18. The Labute approximate surface area is 84.4 Å². The summed E-state index contributed by atoms with van der Waals surface area (Å²) in [6.45, 7) is 11.1. The number of likely N-dealkylation sites (tertiary alicyclic amines) is 1. The fourth-order valence-electron chi connectivity index (χ4n) is 2.00. The number of nitrogens with zero attached hydrogens (tertiary/aromatic N) is 1. The monoisotopic (exact) mass is 197 g/mol. The van der Waals surface area contributed by atoms with Crippen LogP contribution in [0.2, 0.25) is 18.6 Å². The topological polar surface area (TPSA) is 3.24 Å². The van der Waals surface area contributed by atoms with E-state index in [-0.39, 0.29) is 0 Å². The molecule has 0 bridgehead atoms. The van der Waals surface area contributed by atoms with E-state index in [2.05, 4.69) is 37.1 Å². The molecule has 0 aromatic carbocycles. The lowest BCUT2D eigenvalue weighted by Crippen LogP contribution is -2.28. The lowest BCUT2D eigenvalue weighted by atomic mass is 10.3. The van der Waals surface area contributed by atoms with Crippen LogP contribution in [0.3, 0.4) is 0 Å². The lowest BCUT2D eigenvalue weighted by Gasteiger charge is -2.23. The van der Waals surface area contributed by atoms with E-state index in [0.29, 0.717) is 0 Å². The molecule has 0 spiro atoms. The minimum Gasteiger partial charge on any atom is -0.303 e. The molecule has 2 heteroatoms. The van der Waals surface area contributed by atoms with Crippen LogP contribution in [0.4, 0.5) is 0 Å². The summed E-state index contributed by atoms with van der Waals surface area (Å²) in [5.41, 5.74) is 0.892. The molecule has 0 radical (unpaired) electrons. The second-order valence-electron chi connectivity index (χ2n) is 4.44. The minimum atomic E-state index is -0.488. The molecule has 1 atom stereocenters. The van der Waals surface area contributed by atoms with Crippen molar-refractivity contribution in [2.45, 2.75) is 38.4 Å². The summed E-state index contributed by atoms with van der Waals surface area (Å²) < 4.78 is 0. The zero-order valence-electron chi connectivity index (χ0n) is 9.29. The molecular formula is C11H23NSi. The van der Waals surface area contributed by atoms with Crippen molar-refractivity contribution >= 4 is 8.80 Å². The molecule has 13 heavy (non-hydrogen) atoms. The number of hydrogen-bond donors (Lipinski definition) is 0. The molecule has 1 unspecified atom stereocenters. The maximum atomic E-state index is 2.64. The van der Waals surface area contributed by atoms with Crippen molar-refractivity contribution in [3.63, 3.8) is 0 Å². The summed E-state index contributed by atoms with van der Waals surface area (Å²) in [4.78, 5) is 2.64. The van der Waals surface area contributed by atoms with Crippen LogP contribution >= 0.6 is 0 Å². The predicted octanol–water partition coefficient (Wildman–Crippen LogP) is 2.52. The smallest absolute Gasteiger partial charge is 0.0396 e. The van der Waals surface area contributed by atoms with Gasteiger partial charge in [0.25, 0.3) is 0 Å². The zero-order valence-corrected chi connectivity index (χ0v) is 10.4. The molecule has 1 nitrogen and oxygen atoms in total. The van der Waals surface area contributed by atoms with Gasteiger partial charge in [0.2, 0.25) is 0 Å². The number of rotatable bonds is 4. The van der Waals surface area contributed by atoms with E-state index < -0.39 is 8.80 Å². The van der Waals surface area contributed by atoms with Gasteiger partial charge in [-0.15, -0.1) is 0 Å². The van der Waals surface area contributed by atoms with Crippen molar-refractivity contribution in [1.29, 1.82) is 0 Å². The molecule has 0 N–H and O–H groups in total. The van der Waals surface area contributed by atoms with E-state index in [1.54, 1.807) is 0 Å². The van der Waals surface area contributed by atoms with Gasteiger partial charge in [-0.3, -0.25) is 0 Å². The van der Waals surface area contributed by atoms with Crippen LogP contribution in [-0.2, 0) is 0 Å². The molecule has 1 fully saturated rings. The van der Waals surface area contributed by atoms with Crippen LogP contribution < -0.4 is 0 Å². The van der Waals surface area contributed by atoms with Crippen LogP contribution in [0.5, 0.6) is 0 Å². The van der Waals surface area contributed by atoms with Crippen LogP contribution in [0, 0.1) is 0 Å². The highest BCUT2D eigenvalue weighted by Gasteiger charge is 2.18. The summed E-state index contributed by atoms with van der Waals surface area (Å²) in [6.07, 6.45) is 7.49. The molecule has 1 saturated heterocycles. The summed E-state index contributed by atoms with van der Waals surface area (Å²) in [6, 6.07) is 0. The van der Waals surface area contributed by atoms with E-state index in [1.807, 2.05) is 0 Å². The average Bonchev–Trinajstić information content (AvgIpc) is 2.56. The summed E-state index contributed by atoms with van der Waals surface area (Å²) >= 11 is 0. The maximum absolute atomic E-state index is 2.64. The Morgan fingerprint density at radius 2 is 1.92 bits per heavy atom.